The number of para-hydroxylation sites is 1. The van der Waals surface area contributed by atoms with E-state index < -0.39 is 0 Å². The van der Waals surface area contributed by atoms with Gasteiger partial charge in [-0.2, -0.15) is 0 Å². The van der Waals surface area contributed by atoms with E-state index >= 15 is 0 Å². The number of benzene rings is 1. The number of fused-ring (bicyclic) bond motifs is 1. The van der Waals surface area contributed by atoms with Crippen LogP contribution in [0.15, 0.2) is 53.8 Å². The quantitative estimate of drug-likeness (QED) is 0.782. The molecule has 5 nitrogen and oxygen atoms in total. The fraction of sp³-hybridized carbons (Fsp3) is 0.294. The lowest BCUT2D eigenvalue weighted by Crippen LogP contribution is -2.33. The van der Waals surface area contributed by atoms with Crippen molar-refractivity contribution in [2.75, 3.05) is 0 Å². The first kappa shape index (κ1) is 14.5. The minimum Gasteiger partial charge on any atom is -0.336 e. The van der Waals surface area contributed by atoms with Crippen LogP contribution in [0.4, 0.5) is 0 Å². The van der Waals surface area contributed by atoms with E-state index in [1.54, 1.807) is 17.1 Å². The Labute approximate surface area is 129 Å². The van der Waals surface area contributed by atoms with Crippen molar-refractivity contribution in [1.82, 2.24) is 19.4 Å². The summed E-state index contributed by atoms with van der Waals surface area (Å²) in [5, 5.41) is 4.49. The SMILES string of the molecule is CC(Cn1ccnc1)NCc1cc2ccccc2n(C)c1=O. The van der Waals surface area contributed by atoms with Crippen LogP contribution >= 0.6 is 0 Å². The van der Waals surface area contributed by atoms with Gasteiger partial charge < -0.3 is 14.5 Å². The van der Waals surface area contributed by atoms with E-state index in [9.17, 15) is 4.79 Å². The van der Waals surface area contributed by atoms with Gasteiger partial charge in [0, 0.05) is 44.1 Å². The maximum atomic E-state index is 12.4. The van der Waals surface area contributed by atoms with Crippen molar-refractivity contribution in [1.29, 1.82) is 0 Å². The molecule has 0 aliphatic rings. The number of rotatable bonds is 5. The summed E-state index contributed by atoms with van der Waals surface area (Å²) in [5.74, 6) is 0. The molecule has 0 amide bonds. The summed E-state index contributed by atoms with van der Waals surface area (Å²) in [6, 6.07) is 10.2. The highest BCUT2D eigenvalue weighted by molar-refractivity contribution is 5.79. The number of imidazole rings is 1. The van der Waals surface area contributed by atoms with Crippen molar-refractivity contribution in [3.63, 3.8) is 0 Å². The first-order valence-corrected chi connectivity index (χ1v) is 7.42. The third-order valence-electron chi connectivity index (χ3n) is 3.89. The van der Waals surface area contributed by atoms with Crippen molar-refractivity contribution < 1.29 is 0 Å². The first-order chi connectivity index (χ1) is 10.6. The molecule has 22 heavy (non-hydrogen) atoms. The van der Waals surface area contributed by atoms with Gasteiger partial charge in [0.15, 0.2) is 0 Å². The molecule has 2 aromatic heterocycles. The van der Waals surface area contributed by atoms with E-state index in [-0.39, 0.29) is 11.6 Å². The van der Waals surface area contributed by atoms with Crippen molar-refractivity contribution in [3.8, 4) is 0 Å². The van der Waals surface area contributed by atoms with E-state index in [0.717, 1.165) is 23.0 Å². The predicted octanol–water partition coefficient (Wildman–Crippen LogP) is 1.91. The zero-order valence-corrected chi connectivity index (χ0v) is 12.9. The molecule has 5 heteroatoms. The molecule has 0 aliphatic heterocycles. The van der Waals surface area contributed by atoms with Gasteiger partial charge in [0.25, 0.3) is 5.56 Å². The molecule has 0 aliphatic carbocycles. The normalized spacial score (nSPS) is 12.6. The predicted molar refractivity (Wildman–Crippen MR) is 87.7 cm³/mol. The second kappa shape index (κ2) is 6.15. The Morgan fingerprint density at radius 3 is 2.91 bits per heavy atom. The number of nitrogens with one attached hydrogen (secondary N) is 1. The van der Waals surface area contributed by atoms with Crippen LogP contribution in [0.2, 0.25) is 0 Å². The van der Waals surface area contributed by atoms with Crippen LogP contribution in [-0.4, -0.2) is 20.2 Å². The third kappa shape index (κ3) is 2.94. The number of nitrogens with zero attached hydrogens (tertiary/aromatic N) is 3. The fourth-order valence-electron chi connectivity index (χ4n) is 2.68. The van der Waals surface area contributed by atoms with Crippen LogP contribution in [0.3, 0.4) is 0 Å². The standard InChI is InChI=1S/C17H20N4O/c1-13(11-21-8-7-18-12-21)19-10-15-9-14-5-3-4-6-16(14)20(2)17(15)22/h3-9,12-13,19H,10-11H2,1-2H3. The molecule has 1 aromatic carbocycles. The van der Waals surface area contributed by atoms with Crippen LogP contribution in [0.5, 0.6) is 0 Å². The van der Waals surface area contributed by atoms with Crippen LogP contribution in [0, 0.1) is 0 Å². The largest absolute Gasteiger partial charge is 0.336 e. The van der Waals surface area contributed by atoms with Gasteiger partial charge in [-0.1, -0.05) is 18.2 Å². The van der Waals surface area contributed by atoms with Gasteiger partial charge >= 0.3 is 0 Å². The molecular weight excluding hydrogens is 276 g/mol. The Kier molecular flexibility index (Phi) is 4.06. The first-order valence-electron chi connectivity index (χ1n) is 7.42. The van der Waals surface area contributed by atoms with E-state index in [1.807, 2.05) is 48.1 Å². The van der Waals surface area contributed by atoms with Gasteiger partial charge in [0.1, 0.15) is 0 Å². The maximum Gasteiger partial charge on any atom is 0.255 e. The number of hydrogen-bond acceptors (Lipinski definition) is 3. The molecule has 3 rings (SSSR count). The summed E-state index contributed by atoms with van der Waals surface area (Å²) in [6.45, 7) is 3.49. The Bertz CT molecular complexity index is 820. The third-order valence-corrected chi connectivity index (χ3v) is 3.89. The topological polar surface area (TPSA) is 51.9 Å². The van der Waals surface area contributed by atoms with Crippen LogP contribution in [-0.2, 0) is 20.1 Å². The smallest absolute Gasteiger partial charge is 0.255 e. The Balaban J connectivity index is 1.76. The summed E-state index contributed by atoms with van der Waals surface area (Å²) in [4.78, 5) is 16.5. The molecule has 1 atom stereocenters. The molecule has 1 unspecified atom stereocenters. The van der Waals surface area contributed by atoms with Gasteiger partial charge in [-0.05, 0) is 24.4 Å². The van der Waals surface area contributed by atoms with Gasteiger partial charge in [0.2, 0.25) is 0 Å². The zero-order valence-electron chi connectivity index (χ0n) is 12.9. The molecule has 114 valence electrons. The Morgan fingerprint density at radius 1 is 1.32 bits per heavy atom. The molecule has 0 spiro atoms. The Morgan fingerprint density at radius 2 is 2.14 bits per heavy atom. The van der Waals surface area contributed by atoms with Crippen molar-refractivity contribution >= 4 is 10.9 Å². The van der Waals surface area contributed by atoms with E-state index in [4.69, 9.17) is 0 Å². The van der Waals surface area contributed by atoms with E-state index in [1.165, 1.54) is 0 Å². The lowest BCUT2D eigenvalue weighted by molar-refractivity contribution is 0.474. The van der Waals surface area contributed by atoms with Gasteiger partial charge in [-0.3, -0.25) is 4.79 Å². The number of pyridine rings is 1. The number of aryl methyl sites for hydroxylation is 1. The van der Waals surface area contributed by atoms with Crippen molar-refractivity contribution in [3.05, 3.63) is 65.0 Å². The summed E-state index contributed by atoms with van der Waals surface area (Å²) in [7, 11) is 1.82. The fourth-order valence-corrected chi connectivity index (χ4v) is 2.68. The summed E-state index contributed by atoms with van der Waals surface area (Å²) >= 11 is 0. The second-order valence-electron chi connectivity index (χ2n) is 5.63. The van der Waals surface area contributed by atoms with Crippen LogP contribution < -0.4 is 10.9 Å². The molecular formula is C17H20N4O. The molecule has 2 heterocycles. The average molecular weight is 296 g/mol. The number of aromatic nitrogens is 3. The maximum absolute atomic E-state index is 12.4. The van der Waals surface area contributed by atoms with Gasteiger partial charge in [-0.15, -0.1) is 0 Å². The minimum atomic E-state index is 0.0565. The Hall–Kier alpha value is -2.40. The molecule has 0 fully saturated rings. The molecule has 1 N–H and O–H groups in total. The average Bonchev–Trinajstić information content (AvgIpc) is 3.02. The van der Waals surface area contributed by atoms with Gasteiger partial charge in [-0.25, -0.2) is 4.98 Å². The molecule has 0 radical (unpaired) electrons. The summed E-state index contributed by atoms with van der Waals surface area (Å²) in [6.07, 6.45) is 5.51. The number of hydrogen-bond donors (Lipinski definition) is 1. The summed E-state index contributed by atoms with van der Waals surface area (Å²) in [5.41, 5.74) is 1.81. The lowest BCUT2D eigenvalue weighted by Gasteiger charge is -2.15. The second-order valence-corrected chi connectivity index (χ2v) is 5.63. The van der Waals surface area contributed by atoms with Crippen LogP contribution in [0.1, 0.15) is 12.5 Å². The monoisotopic (exact) mass is 296 g/mol. The molecule has 0 saturated carbocycles. The van der Waals surface area contributed by atoms with Crippen molar-refractivity contribution in [2.45, 2.75) is 26.1 Å². The van der Waals surface area contributed by atoms with E-state index in [2.05, 4.69) is 17.2 Å². The molecule has 3 aromatic rings. The highest BCUT2D eigenvalue weighted by atomic mass is 16.1. The van der Waals surface area contributed by atoms with Gasteiger partial charge in [0.05, 0.1) is 11.8 Å². The highest BCUT2D eigenvalue weighted by Crippen LogP contribution is 2.12. The van der Waals surface area contributed by atoms with Crippen molar-refractivity contribution in [2.24, 2.45) is 7.05 Å². The minimum absolute atomic E-state index is 0.0565. The van der Waals surface area contributed by atoms with E-state index in [0.29, 0.717) is 6.54 Å². The zero-order chi connectivity index (χ0) is 15.5. The highest BCUT2D eigenvalue weighted by Gasteiger charge is 2.08. The lowest BCUT2D eigenvalue weighted by atomic mass is 10.1. The van der Waals surface area contributed by atoms with Crippen LogP contribution in [0.25, 0.3) is 10.9 Å². The molecule has 0 bridgehead atoms. The summed E-state index contributed by atoms with van der Waals surface area (Å²) < 4.78 is 3.74. The molecule has 0 saturated heterocycles.